The second kappa shape index (κ2) is 10.3. The zero-order chi connectivity index (χ0) is 29.8. The second-order valence-corrected chi connectivity index (χ2v) is 12.0. The molecule has 0 fully saturated rings. The van der Waals surface area contributed by atoms with Gasteiger partial charge in [-0.15, -0.1) is 0 Å². The maximum absolute atomic E-state index is 15.2. The molecule has 0 spiro atoms. The van der Waals surface area contributed by atoms with Gasteiger partial charge < -0.3 is 14.5 Å². The number of halogens is 2. The van der Waals surface area contributed by atoms with Crippen LogP contribution < -0.4 is 9.62 Å². The normalized spacial score (nSPS) is 16.1. The van der Waals surface area contributed by atoms with Gasteiger partial charge in [0.15, 0.2) is 0 Å². The zero-order valence-electron chi connectivity index (χ0n) is 22.8. The molecule has 0 radical (unpaired) electrons. The molecule has 11 heteroatoms. The fraction of sp³-hybridized carbons (Fsp3) is 0.161. The van der Waals surface area contributed by atoms with Crippen molar-refractivity contribution in [3.63, 3.8) is 0 Å². The summed E-state index contributed by atoms with van der Waals surface area (Å²) in [5, 5.41) is 2.99. The molecule has 42 heavy (non-hydrogen) atoms. The summed E-state index contributed by atoms with van der Waals surface area (Å²) in [4.78, 5) is 17.7. The lowest BCUT2D eigenvalue weighted by molar-refractivity contribution is 0.0964. The maximum atomic E-state index is 15.2. The van der Waals surface area contributed by atoms with Gasteiger partial charge in [0.05, 0.1) is 23.1 Å². The Hall–Kier alpha value is -4.77. The predicted octanol–water partition coefficient (Wildman–Crippen LogP) is 5.79. The Labute approximate surface area is 240 Å². The van der Waals surface area contributed by atoms with E-state index >= 15 is 4.39 Å². The van der Waals surface area contributed by atoms with Crippen molar-refractivity contribution in [2.24, 2.45) is 4.99 Å². The Bertz CT molecular complexity index is 1960. The molecule has 0 saturated carbocycles. The molecular weight excluding hydrogens is 564 g/mol. The summed E-state index contributed by atoms with van der Waals surface area (Å²) < 4.78 is 67.3. The fourth-order valence-corrected chi connectivity index (χ4v) is 5.54. The van der Waals surface area contributed by atoms with Crippen LogP contribution in [0.5, 0.6) is 0 Å². The number of hydrogen-bond donors (Lipinski definition) is 1. The van der Waals surface area contributed by atoms with Crippen molar-refractivity contribution in [2.45, 2.75) is 12.5 Å². The van der Waals surface area contributed by atoms with Crippen molar-refractivity contribution >= 4 is 38.5 Å². The lowest BCUT2D eigenvalue weighted by Crippen LogP contribution is -2.25. The number of carbonyl (C=O) groups is 1. The van der Waals surface area contributed by atoms with Gasteiger partial charge in [0.25, 0.3) is 5.91 Å². The lowest BCUT2D eigenvalue weighted by Gasteiger charge is -2.21. The molecule has 214 valence electrons. The number of furan rings is 1. The van der Waals surface area contributed by atoms with E-state index in [1.165, 1.54) is 56.6 Å². The van der Waals surface area contributed by atoms with Crippen LogP contribution in [0.15, 0.2) is 88.0 Å². The van der Waals surface area contributed by atoms with Crippen LogP contribution in [0.25, 0.3) is 33.4 Å². The predicted molar refractivity (Wildman–Crippen MR) is 157 cm³/mol. The molecule has 8 nitrogen and oxygen atoms in total. The summed E-state index contributed by atoms with van der Waals surface area (Å²) in [6, 6.07) is 12.7. The number of fused-ring (bicyclic) bond motifs is 2. The minimum Gasteiger partial charge on any atom is -0.455 e. The van der Waals surface area contributed by atoms with Crippen molar-refractivity contribution in [1.82, 2.24) is 5.32 Å². The maximum Gasteiger partial charge on any atom is 0.255 e. The molecule has 4 aromatic rings. The average molecular weight is 590 g/mol. The van der Waals surface area contributed by atoms with Crippen LogP contribution in [0.4, 0.5) is 14.5 Å². The monoisotopic (exact) mass is 589 g/mol. The molecule has 0 saturated heterocycles. The molecular formula is C31H25F2N3O5S. The van der Waals surface area contributed by atoms with Gasteiger partial charge in [0, 0.05) is 36.7 Å². The second-order valence-electron chi connectivity index (χ2n) is 9.97. The standard InChI is InChI=1S/C31H25F2N3O5S/c1-34-30(37)28-22-15-20(18-10-13-23(33)21(14-18)31-35-24-6-4-5-7-26(24)41-31)25(36(2)42(3,38)39)16-27(22)40-29(28)17-8-11-19(32)12-9-17/h4-5,7-16,24H,6H2,1-3H3,(H,34,37). The molecule has 1 aliphatic heterocycles. The first-order valence-electron chi connectivity index (χ1n) is 13.0. The molecule has 6 rings (SSSR count). The smallest absolute Gasteiger partial charge is 0.255 e. The van der Waals surface area contributed by atoms with Crippen LogP contribution in [-0.4, -0.2) is 46.6 Å². The quantitative estimate of drug-likeness (QED) is 0.307. The van der Waals surface area contributed by atoms with E-state index < -0.39 is 27.6 Å². The van der Waals surface area contributed by atoms with E-state index in [0.717, 1.165) is 10.6 Å². The van der Waals surface area contributed by atoms with Crippen LogP contribution in [0.2, 0.25) is 0 Å². The van der Waals surface area contributed by atoms with E-state index in [0.29, 0.717) is 34.3 Å². The van der Waals surface area contributed by atoms with Crippen LogP contribution in [0.3, 0.4) is 0 Å². The molecule has 1 unspecified atom stereocenters. The topological polar surface area (TPSA) is 101 Å². The van der Waals surface area contributed by atoms with Gasteiger partial charge in [-0.1, -0.05) is 18.2 Å². The Morgan fingerprint density at radius 2 is 1.79 bits per heavy atom. The number of amides is 1. The number of nitrogens with zero attached hydrogens (tertiary/aromatic N) is 2. The van der Waals surface area contributed by atoms with Crippen molar-refractivity contribution in [1.29, 1.82) is 0 Å². The third-order valence-corrected chi connectivity index (χ3v) is 8.47. The first kappa shape index (κ1) is 27.4. The number of hydrogen-bond acceptors (Lipinski definition) is 6. The van der Waals surface area contributed by atoms with E-state index in [1.807, 2.05) is 12.2 Å². The number of rotatable bonds is 6. The van der Waals surface area contributed by atoms with Gasteiger partial charge in [-0.2, -0.15) is 0 Å². The Kier molecular flexibility index (Phi) is 6.69. The number of allylic oxidation sites excluding steroid dienone is 2. The number of ether oxygens (including phenoxy) is 1. The first-order chi connectivity index (χ1) is 20.0. The van der Waals surface area contributed by atoms with E-state index in [2.05, 4.69) is 10.3 Å². The largest absolute Gasteiger partial charge is 0.455 e. The molecule has 1 amide bonds. The molecule has 0 bridgehead atoms. The third kappa shape index (κ3) is 4.75. The van der Waals surface area contributed by atoms with Gasteiger partial charge in [0.2, 0.25) is 15.9 Å². The highest BCUT2D eigenvalue weighted by molar-refractivity contribution is 7.92. The Morgan fingerprint density at radius 3 is 2.48 bits per heavy atom. The molecule has 1 atom stereocenters. The number of benzene rings is 3. The van der Waals surface area contributed by atoms with Gasteiger partial charge >= 0.3 is 0 Å². The third-order valence-electron chi connectivity index (χ3n) is 7.28. The highest BCUT2D eigenvalue weighted by Crippen LogP contribution is 2.42. The van der Waals surface area contributed by atoms with Gasteiger partial charge in [-0.25, -0.2) is 22.2 Å². The van der Waals surface area contributed by atoms with Crippen LogP contribution >= 0.6 is 0 Å². The summed E-state index contributed by atoms with van der Waals surface area (Å²) in [6.07, 6.45) is 7.29. The van der Waals surface area contributed by atoms with E-state index in [-0.39, 0.29) is 40.1 Å². The average Bonchev–Trinajstić information content (AvgIpc) is 3.57. The van der Waals surface area contributed by atoms with Crippen molar-refractivity contribution in [3.8, 4) is 22.5 Å². The number of anilines is 1. The minimum absolute atomic E-state index is 0.113. The van der Waals surface area contributed by atoms with Crippen molar-refractivity contribution in [3.05, 3.63) is 101 Å². The van der Waals surface area contributed by atoms with E-state index in [4.69, 9.17) is 9.15 Å². The lowest BCUT2D eigenvalue weighted by atomic mass is 9.97. The zero-order valence-corrected chi connectivity index (χ0v) is 23.6. The summed E-state index contributed by atoms with van der Waals surface area (Å²) in [5.41, 5.74) is 2.07. The van der Waals surface area contributed by atoms with Crippen LogP contribution in [-0.2, 0) is 14.8 Å². The summed E-state index contributed by atoms with van der Waals surface area (Å²) >= 11 is 0. The summed E-state index contributed by atoms with van der Waals surface area (Å²) in [7, 11) is -0.888. The molecule has 1 aromatic heterocycles. The van der Waals surface area contributed by atoms with Gasteiger partial charge in [0.1, 0.15) is 34.8 Å². The van der Waals surface area contributed by atoms with Gasteiger partial charge in [-0.3, -0.25) is 9.10 Å². The number of sulfonamides is 1. The number of aliphatic imine (C=N–C) groups is 1. The summed E-state index contributed by atoms with van der Waals surface area (Å²) in [6.45, 7) is 0. The first-order valence-corrected chi connectivity index (χ1v) is 14.8. The Balaban J connectivity index is 1.58. The van der Waals surface area contributed by atoms with Crippen molar-refractivity contribution < 1.29 is 31.1 Å². The Morgan fingerprint density at radius 1 is 1.05 bits per heavy atom. The molecule has 1 N–H and O–H groups in total. The van der Waals surface area contributed by atoms with E-state index in [9.17, 15) is 17.6 Å². The molecule has 2 aliphatic rings. The summed E-state index contributed by atoms with van der Waals surface area (Å²) in [5.74, 6) is -0.532. The molecule has 1 aliphatic carbocycles. The fourth-order valence-electron chi connectivity index (χ4n) is 5.03. The molecule has 3 aromatic carbocycles. The van der Waals surface area contributed by atoms with Gasteiger partial charge in [-0.05, 0) is 60.5 Å². The molecule has 2 heterocycles. The number of nitrogens with one attached hydrogen (secondary N) is 1. The minimum atomic E-state index is -3.75. The van der Waals surface area contributed by atoms with E-state index in [1.54, 1.807) is 18.2 Å². The highest BCUT2D eigenvalue weighted by atomic mass is 32.2. The number of carbonyl (C=O) groups excluding carboxylic acids is 1. The van der Waals surface area contributed by atoms with Crippen molar-refractivity contribution in [2.75, 3.05) is 24.7 Å². The van der Waals surface area contributed by atoms with Crippen LogP contribution in [0, 0.1) is 11.6 Å². The highest BCUT2D eigenvalue weighted by Gasteiger charge is 2.30. The van der Waals surface area contributed by atoms with Crippen LogP contribution in [0.1, 0.15) is 22.3 Å². The SMILES string of the molecule is CNC(=O)c1c(-c2ccc(F)cc2)oc2cc(N(C)S(C)(=O)=O)c(-c3ccc(F)c(C4=NC5CC=CC=C5O4)c3)cc12.